The minimum absolute atomic E-state index is 0.282. The maximum Gasteiger partial charge on any atom is 0.129 e. The quantitative estimate of drug-likeness (QED) is 0.701. The zero-order chi connectivity index (χ0) is 9.26. The van der Waals surface area contributed by atoms with Gasteiger partial charge in [0.05, 0.1) is 6.61 Å². The van der Waals surface area contributed by atoms with Gasteiger partial charge in [-0.15, -0.1) is 0 Å². The highest BCUT2D eigenvalue weighted by Gasteiger charge is 2.21. The number of benzene rings is 1. The van der Waals surface area contributed by atoms with Gasteiger partial charge in [0.1, 0.15) is 17.4 Å². The second kappa shape index (κ2) is 3.32. The Labute approximate surface area is 75.3 Å². The highest BCUT2D eigenvalue weighted by Crippen LogP contribution is 2.29. The average Bonchev–Trinajstić information content (AvgIpc) is 2.81. The van der Waals surface area contributed by atoms with Crippen LogP contribution in [0.25, 0.3) is 0 Å². The fourth-order valence-corrected chi connectivity index (χ4v) is 1.11. The molecule has 0 aliphatic heterocycles. The van der Waals surface area contributed by atoms with Crippen molar-refractivity contribution in [2.24, 2.45) is 5.92 Å². The molecule has 1 aliphatic rings. The predicted octanol–water partition coefficient (Wildman–Crippen LogP) is 2.75. The van der Waals surface area contributed by atoms with E-state index in [2.05, 4.69) is 0 Å². The van der Waals surface area contributed by atoms with Gasteiger partial charge in [-0.3, -0.25) is 0 Å². The van der Waals surface area contributed by atoms with Crippen molar-refractivity contribution in [2.75, 3.05) is 6.61 Å². The molecule has 70 valence electrons. The van der Waals surface area contributed by atoms with E-state index in [0.29, 0.717) is 12.5 Å². The van der Waals surface area contributed by atoms with Gasteiger partial charge in [0.25, 0.3) is 0 Å². The maximum absolute atomic E-state index is 12.6. The van der Waals surface area contributed by atoms with Crippen molar-refractivity contribution in [3.63, 3.8) is 0 Å². The molecule has 13 heavy (non-hydrogen) atoms. The lowest BCUT2D eigenvalue weighted by atomic mass is 10.3. The molecule has 0 atom stereocenters. The molecule has 1 aromatic rings. The van der Waals surface area contributed by atoms with Gasteiger partial charge in [0.15, 0.2) is 0 Å². The molecule has 0 unspecified atom stereocenters. The van der Waals surface area contributed by atoms with Crippen LogP contribution in [0.5, 0.6) is 5.75 Å². The minimum atomic E-state index is -0.592. The number of halogens is 2. The maximum atomic E-state index is 12.6. The molecular formula is C10H10F2O. The van der Waals surface area contributed by atoms with Crippen molar-refractivity contribution in [1.29, 1.82) is 0 Å². The van der Waals surface area contributed by atoms with E-state index in [1.54, 1.807) is 0 Å². The van der Waals surface area contributed by atoms with E-state index in [-0.39, 0.29) is 5.75 Å². The molecule has 1 aromatic carbocycles. The number of rotatable bonds is 3. The number of ether oxygens (including phenoxy) is 1. The summed E-state index contributed by atoms with van der Waals surface area (Å²) in [7, 11) is 0. The van der Waals surface area contributed by atoms with E-state index < -0.39 is 11.6 Å². The standard InChI is InChI=1S/C10H10F2O/c11-8-3-9(12)5-10(4-8)13-6-7-1-2-7/h3-5,7H,1-2,6H2. The minimum Gasteiger partial charge on any atom is -0.493 e. The van der Waals surface area contributed by atoms with E-state index in [1.807, 2.05) is 0 Å². The summed E-state index contributed by atoms with van der Waals surface area (Å²) in [4.78, 5) is 0. The first-order valence-corrected chi connectivity index (χ1v) is 4.33. The highest BCUT2D eigenvalue weighted by molar-refractivity contribution is 5.23. The third-order valence-electron chi connectivity index (χ3n) is 2.02. The van der Waals surface area contributed by atoms with Crippen LogP contribution in [0.3, 0.4) is 0 Å². The molecule has 0 N–H and O–H groups in total. The Morgan fingerprint density at radius 3 is 2.31 bits per heavy atom. The summed E-state index contributed by atoms with van der Waals surface area (Å²) in [5.41, 5.74) is 0. The molecule has 0 bridgehead atoms. The largest absolute Gasteiger partial charge is 0.493 e. The zero-order valence-corrected chi connectivity index (χ0v) is 7.09. The first-order chi connectivity index (χ1) is 6.24. The van der Waals surface area contributed by atoms with E-state index in [4.69, 9.17) is 4.74 Å². The Morgan fingerprint density at radius 2 is 1.77 bits per heavy atom. The van der Waals surface area contributed by atoms with Gasteiger partial charge in [0, 0.05) is 18.2 Å². The third kappa shape index (κ3) is 2.41. The molecular weight excluding hydrogens is 174 g/mol. The molecule has 0 amide bonds. The van der Waals surface area contributed by atoms with Crippen LogP contribution < -0.4 is 4.74 Å². The lowest BCUT2D eigenvalue weighted by Gasteiger charge is -2.04. The van der Waals surface area contributed by atoms with Crippen molar-refractivity contribution in [2.45, 2.75) is 12.8 Å². The first kappa shape index (κ1) is 8.48. The normalized spacial score (nSPS) is 15.8. The molecule has 0 heterocycles. The summed E-state index contributed by atoms with van der Waals surface area (Å²) in [6.07, 6.45) is 2.33. The molecule has 1 fully saturated rings. The van der Waals surface area contributed by atoms with Crippen LogP contribution in [0.15, 0.2) is 18.2 Å². The third-order valence-corrected chi connectivity index (χ3v) is 2.02. The summed E-state index contributed by atoms with van der Waals surface area (Å²) in [5, 5.41) is 0. The van der Waals surface area contributed by atoms with E-state index >= 15 is 0 Å². The van der Waals surface area contributed by atoms with E-state index in [9.17, 15) is 8.78 Å². The van der Waals surface area contributed by atoms with Crippen LogP contribution in [0.4, 0.5) is 8.78 Å². The smallest absolute Gasteiger partial charge is 0.129 e. The molecule has 1 nitrogen and oxygen atoms in total. The van der Waals surface area contributed by atoms with Crippen molar-refractivity contribution >= 4 is 0 Å². The Hall–Kier alpha value is -1.12. The lowest BCUT2D eigenvalue weighted by molar-refractivity contribution is 0.296. The van der Waals surface area contributed by atoms with Gasteiger partial charge in [-0.1, -0.05) is 0 Å². The van der Waals surface area contributed by atoms with Crippen molar-refractivity contribution in [3.05, 3.63) is 29.8 Å². The molecule has 3 heteroatoms. The van der Waals surface area contributed by atoms with Crippen LogP contribution in [0, 0.1) is 17.6 Å². The Kier molecular flexibility index (Phi) is 2.17. The number of hydrogen-bond donors (Lipinski definition) is 0. The SMILES string of the molecule is Fc1cc(F)cc(OCC2CC2)c1. The first-order valence-electron chi connectivity index (χ1n) is 4.33. The molecule has 1 saturated carbocycles. The van der Waals surface area contributed by atoms with Gasteiger partial charge in [0.2, 0.25) is 0 Å². The molecule has 0 aromatic heterocycles. The van der Waals surface area contributed by atoms with Crippen LogP contribution in [-0.2, 0) is 0 Å². The fraction of sp³-hybridized carbons (Fsp3) is 0.400. The fourth-order valence-electron chi connectivity index (χ4n) is 1.11. The Balaban J connectivity index is 2.01. The van der Waals surface area contributed by atoms with Gasteiger partial charge in [-0.05, 0) is 18.8 Å². The summed E-state index contributed by atoms with van der Waals surface area (Å²) >= 11 is 0. The Bertz CT molecular complexity index is 288. The second-order valence-electron chi connectivity index (χ2n) is 3.36. The topological polar surface area (TPSA) is 9.23 Å². The predicted molar refractivity (Wildman–Crippen MR) is 44.6 cm³/mol. The van der Waals surface area contributed by atoms with Crippen LogP contribution in [0.1, 0.15) is 12.8 Å². The summed E-state index contributed by atoms with van der Waals surface area (Å²) < 4.78 is 30.5. The summed E-state index contributed by atoms with van der Waals surface area (Å²) in [6, 6.07) is 3.24. The molecule has 0 radical (unpaired) electrons. The number of hydrogen-bond acceptors (Lipinski definition) is 1. The van der Waals surface area contributed by atoms with Crippen molar-refractivity contribution in [1.82, 2.24) is 0 Å². The van der Waals surface area contributed by atoms with Gasteiger partial charge >= 0.3 is 0 Å². The summed E-state index contributed by atoms with van der Waals surface area (Å²) in [5.74, 6) is -0.313. The van der Waals surface area contributed by atoms with Gasteiger partial charge in [-0.25, -0.2) is 8.78 Å². The molecule has 1 aliphatic carbocycles. The highest BCUT2D eigenvalue weighted by atomic mass is 19.1. The molecule has 0 saturated heterocycles. The molecule has 0 spiro atoms. The zero-order valence-electron chi connectivity index (χ0n) is 7.09. The van der Waals surface area contributed by atoms with E-state index in [0.717, 1.165) is 18.9 Å². The van der Waals surface area contributed by atoms with E-state index in [1.165, 1.54) is 12.1 Å². The monoisotopic (exact) mass is 184 g/mol. The van der Waals surface area contributed by atoms with Crippen molar-refractivity contribution in [3.8, 4) is 5.75 Å². The van der Waals surface area contributed by atoms with Crippen molar-refractivity contribution < 1.29 is 13.5 Å². The lowest BCUT2D eigenvalue weighted by Crippen LogP contribution is -1.99. The average molecular weight is 184 g/mol. The van der Waals surface area contributed by atoms with Gasteiger partial charge < -0.3 is 4.74 Å². The Morgan fingerprint density at radius 1 is 1.15 bits per heavy atom. The summed E-state index contributed by atoms with van der Waals surface area (Å²) in [6.45, 7) is 0.572. The van der Waals surface area contributed by atoms with Crippen LogP contribution in [-0.4, -0.2) is 6.61 Å². The molecule has 2 rings (SSSR count). The second-order valence-corrected chi connectivity index (χ2v) is 3.36. The van der Waals surface area contributed by atoms with Gasteiger partial charge in [-0.2, -0.15) is 0 Å². The van der Waals surface area contributed by atoms with Crippen LogP contribution in [0.2, 0.25) is 0 Å². The van der Waals surface area contributed by atoms with Crippen LogP contribution >= 0.6 is 0 Å².